The predicted molar refractivity (Wildman–Crippen MR) is 79.7 cm³/mol. The maximum absolute atomic E-state index is 5.67. The summed E-state index contributed by atoms with van der Waals surface area (Å²) in [5.74, 6) is 1.53. The molecule has 0 amide bonds. The Morgan fingerprint density at radius 1 is 1.39 bits per heavy atom. The summed E-state index contributed by atoms with van der Waals surface area (Å²) in [6, 6.07) is 0. The third kappa shape index (κ3) is 5.94. The van der Waals surface area contributed by atoms with Crippen molar-refractivity contribution in [3.05, 3.63) is 16.6 Å². The lowest BCUT2D eigenvalue weighted by atomic mass is 9.88. The fourth-order valence-corrected chi connectivity index (χ4v) is 2.87. The summed E-state index contributed by atoms with van der Waals surface area (Å²) < 4.78 is 0. The number of rotatable bonds is 9. The van der Waals surface area contributed by atoms with Gasteiger partial charge in [0.2, 0.25) is 0 Å². The minimum absolute atomic E-state index is 0.748. The third-order valence-corrected chi connectivity index (χ3v) is 4.15. The second kappa shape index (κ2) is 8.62. The first-order valence-electron chi connectivity index (χ1n) is 6.89. The van der Waals surface area contributed by atoms with Crippen LogP contribution in [0, 0.1) is 11.8 Å². The summed E-state index contributed by atoms with van der Waals surface area (Å²) in [5, 5.41) is 2.13. The second-order valence-electron chi connectivity index (χ2n) is 5.44. The highest BCUT2D eigenvalue weighted by molar-refractivity contribution is 7.07. The molecule has 1 rings (SSSR count). The molecule has 0 spiro atoms. The molecule has 1 aromatic rings. The molecule has 0 aromatic carbocycles. The van der Waals surface area contributed by atoms with Crippen molar-refractivity contribution in [3.8, 4) is 0 Å². The molecule has 18 heavy (non-hydrogen) atoms. The second-order valence-corrected chi connectivity index (χ2v) is 6.16. The van der Waals surface area contributed by atoms with Gasteiger partial charge in [0.1, 0.15) is 0 Å². The van der Waals surface area contributed by atoms with E-state index in [1.54, 1.807) is 11.3 Å². The number of hydrogen-bond donors (Lipinski definition) is 1. The van der Waals surface area contributed by atoms with Gasteiger partial charge < -0.3 is 10.6 Å². The molecule has 0 bridgehead atoms. The zero-order chi connectivity index (χ0) is 13.4. The van der Waals surface area contributed by atoms with E-state index in [-0.39, 0.29) is 0 Å². The van der Waals surface area contributed by atoms with Crippen LogP contribution < -0.4 is 5.73 Å². The highest BCUT2D eigenvalue weighted by atomic mass is 32.1. The van der Waals surface area contributed by atoms with E-state index in [9.17, 15) is 0 Å². The van der Waals surface area contributed by atoms with Crippen molar-refractivity contribution < 1.29 is 0 Å². The van der Waals surface area contributed by atoms with Gasteiger partial charge in [-0.3, -0.25) is 0 Å². The van der Waals surface area contributed by atoms with Crippen molar-refractivity contribution in [3.63, 3.8) is 0 Å². The van der Waals surface area contributed by atoms with Crippen LogP contribution in [0.2, 0.25) is 0 Å². The molecular weight excluding hydrogens is 242 g/mol. The summed E-state index contributed by atoms with van der Waals surface area (Å²) in [6.45, 7) is 7.54. The van der Waals surface area contributed by atoms with E-state index in [0.29, 0.717) is 0 Å². The number of hydrogen-bond acceptors (Lipinski definition) is 4. The van der Waals surface area contributed by atoms with E-state index in [0.717, 1.165) is 37.9 Å². The van der Waals surface area contributed by atoms with Crippen LogP contribution in [-0.2, 0) is 6.54 Å². The van der Waals surface area contributed by atoms with E-state index in [4.69, 9.17) is 5.73 Å². The van der Waals surface area contributed by atoms with Gasteiger partial charge in [-0.1, -0.05) is 13.8 Å². The molecule has 0 saturated heterocycles. The molecule has 0 aliphatic heterocycles. The largest absolute Gasteiger partial charge is 0.330 e. The van der Waals surface area contributed by atoms with Crippen LogP contribution in [0.1, 0.15) is 38.8 Å². The molecule has 0 radical (unpaired) electrons. The van der Waals surface area contributed by atoms with Crippen LogP contribution in [-0.4, -0.2) is 30.0 Å². The number of nitrogens with zero attached hydrogens (tertiary/aromatic N) is 2. The maximum atomic E-state index is 5.67. The van der Waals surface area contributed by atoms with Crippen LogP contribution in [0.5, 0.6) is 0 Å². The van der Waals surface area contributed by atoms with Crippen LogP contribution in [0.4, 0.5) is 0 Å². The molecular formula is C14H27N3S. The molecule has 1 atom stereocenters. The Bertz CT molecular complexity index is 298. The highest BCUT2D eigenvalue weighted by Crippen LogP contribution is 2.20. The minimum atomic E-state index is 0.748. The van der Waals surface area contributed by atoms with Crippen LogP contribution in [0.15, 0.2) is 10.9 Å². The predicted octanol–water partition coefficient (Wildman–Crippen LogP) is 2.98. The molecule has 0 saturated carbocycles. The van der Waals surface area contributed by atoms with Gasteiger partial charge in [-0.25, -0.2) is 4.98 Å². The summed E-state index contributed by atoms with van der Waals surface area (Å²) in [6.07, 6.45) is 3.70. The van der Waals surface area contributed by atoms with Gasteiger partial charge in [-0.05, 0) is 51.2 Å². The Labute approximate surface area is 115 Å². The molecule has 104 valence electrons. The molecule has 1 heterocycles. The van der Waals surface area contributed by atoms with Crippen molar-refractivity contribution in [2.75, 3.05) is 20.1 Å². The van der Waals surface area contributed by atoms with Gasteiger partial charge in [-0.15, -0.1) is 11.3 Å². The van der Waals surface area contributed by atoms with Crippen LogP contribution >= 0.6 is 11.3 Å². The lowest BCUT2D eigenvalue weighted by Crippen LogP contribution is -2.21. The summed E-state index contributed by atoms with van der Waals surface area (Å²) >= 11 is 1.67. The summed E-state index contributed by atoms with van der Waals surface area (Å²) in [5.41, 5.74) is 8.76. The average molecular weight is 269 g/mol. The number of thiazole rings is 1. The third-order valence-electron chi connectivity index (χ3n) is 3.51. The lowest BCUT2D eigenvalue weighted by molar-refractivity contribution is 0.276. The van der Waals surface area contributed by atoms with Crippen LogP contribution in [0.25, 0.3) is 0 Å². The van der Waals surface area contributed by atoms with Crippen molar-refractivity contribution in [2.45, 2.75) is 39.7 Å². The lowest BCUT2D eigenvalue weighted by Gasteiger charge is -2.22. The normalized spacial score (nSPS) is 13.4. The maximum Gasteiger partial charge on any atom is 0.0795 e. The molecule has 2 N–H and O–H groups in total. The van der Waals surface area contributed by atoms with Gasteiger partial charge in [-0.2, -0.15) is 0 Å². The van der Waals surface area contributed by atoms with Crippen molar-refractivity contribution in [2.24, 2.45) is 17.6 Å². The van der Waals surface area contributed by atoms with E-state index in [2.05, 4.69) is 36.2 Å². The van der Waals surface area contributed by atoms with Gasteiger partial charge in [0, 0.05) is 11.9 Å². The van der Waals surface area contributed by atoms with Crippen LogP contribution in [0.3, 0.4) is 0 Å². The molecule has 0 aliphatic rings. The fraction of sp³-hybridized carbons (Fsp3) is 0.786. The zero-order valence-corrected chi connectivity index (χ0v) is 12.7. The first-order valence-corrected chi connectivity index (χ1v) is 7.83. The van der Waals surface area contributed by atoms with E-state index >= 15 is 0 Å². The topological polar surface area (TPSA) is 42.1 Å². The van der Waals surface area contributed by atoms with Gasteiger partial charge in [0.25, 0.3) is 0 Å². The smallest absolute Gasteiger partial charge is 0.0795 e. The number of aromatic nitrogens is 1. The highest BCUT2D eigenvalue weighted by Gasteiger charge is 2.12. The molecule has 1 unspecified atom stereocenters. The summed E-state index contributed by atoms with van der Waals surface area (Å²) in [4.78, 5) is 6.67. The van der Waals surface area contributed by atoms with Crippen molar-refractivity contribution in [1.82, 2.24) is 9.88 Å². The van der Waals surface area contributed by atoms with E-state index < -0.39 is 0 Å². The van der Waals surface area contributed by atoms with Gasteiger partial charge >= 0.3 is 0 Å². The zero-order valence-electron chi connectivity index (χ0n) is 11.9. The Morgan fingerprint density at radius 3 is 2.72 bits per heavy atom. The average Bonchev–Trinajstić information content (AvgIpc) is 2.80. The van der Waals surface area contributed by atoms with Gasteiger partial charge in [0.15, 0.2) is 0 Å². The van der Waals surface area contributed by atoms with E-state index in [1.807, 2.05) is 5.51 Å². The van der Waals surface area contributed by atoms with Gasteiger partial charge in [0.05, 0.1) is 11.2 Å². The Kier molecular flexibility index (Phi) is 7.47. The number of nitrogens with two attached hydrogens (primary N) is 1. The first kappa shape index (κ1) is 15.6. The molecule has 3 nitrogen and oxygen atoms in total. The summed E-state index contributed by atoms with van der Waals surface area (Å²) in [7, 11) is 2.17. The first-order chi connectivity index (χ1) is 8.63. The van der Waals surface area contributed by atoms with E-state index in [1.165, 1.54) is 18.5 Å². The Balaban J connectivity index is 2.19. The quantitative estimate of drug-likeness (QED) is 0.749. The van der Waals surface area contributed by atoms with Crippen molar-refractivity contribution in [1.29, 1.82) is 0 Å². The van der Waals surface area contributed by atoms with Crippen molar-refractivity contribution >= 4 is 11.3 Å². The standard InChI is InChI=1S/C14H27N3S/c1-12(2)13(6-7-15)5-4-8-17(3)9-14-10-18-11-16-14/h10-13H,4-9,15H2,1-3H3. The Hall–Kier alpha value is -0.450. The molecule has 0 aliphatic carbocycles. The molecule has 4 heteroatoms. The fourth-order valence-electron chi connectivity index (χ4n) is 2.32. The molecule has 0 fully saturated rings. The SMILES string of the molecule is CC(C)C(CCN)CCCN(C)Cc1cscn1. The molecule has 1 aromatic heterocycles. The Morgan fingerprint density at radius 2 is 2.17 bits per heavy atom. The minimum Gasteiger partial charge on any atom is -0.330 e. The monoisotopic (exact) mass is 269 g/mol.